The highest BCUT2D eigenvalue weighted by Crippen LogP contribution is 2.39. The number of aromatic carboxylic acids is 1. The predicted molar refractivity (Wildman–Crippen MR) is 91.8 cm³/mol. The first-order valence-corrected chi connectivity index (χ1v) is 12.0. The molecule has 2 N–H and O–H groups in total. The van der Waals surface area contributed by atoms with Gasteiger partial charge in [-0.1, -0.05) is 0 Å². The van der Waals surface area contributed by atoms with Gasteiger partial charge < -0.3 is 23.6 Å². The second-order valence-corrected chi connectivity index (χ2v) is 10.4. The number of carboxylic acids is 1. The minimum Gasteiger partial charge on any atom is -0.551 e. The van der Waals surface area contributed by atoms with E-state index < -0.39 is 14.3 Å². The third-order valence-electron chi connectivity index (χ3n) is 1.90. The summed E-state index contributed by atoms with van der Waals surface area (Å²) < 4.78 is 15.0. The Morgan fingerprint density at radius 1 is 1.10 bits per heavy atom. The standard InChI is InChI=1S/C7H12O6Si3.C3H10OSi/c8-7(9)3-1-2-4(11-14)6(12-15)5(3)10-13-16;1-5(2,3)4/h1-2H,14-16H3,(H,8,9);4H,1-3H3. The second kappa shape index (κ2) is 9.01. The van der Waals surface area contributed by atoms with Gasteiger partial charge in [0.05, 0.1) is 0 Å². The Hall–Kier alpha value is -1.12. The molecule has 0 heterocycles. The molecular weight excluding hydrogens is 344 g/mol. The van der Waals surface area contributed by atoms with Crippen LogP contribution in [0.15, 0.2) is 12.1 Å². The van der Waals surface area contributed by atoms with Gasteiger partial charge in [0.1, 0.15) is 11.3 Å². The van der Waals surface area contributed by atoms with E-state index in [4.69, 9.17) is 23.6 Å². The molecule has 0 atom stereocenters. The highest BCUT2D eigenvalue weighted by atomic mass is 28.4. The lowest BCUT2D eigenvalue weighted by atomic mass is 10.2. The minimum atomic E-state index is -1.61. The van der Waals surface area contributed by atoms with E-state index in [1.807, 2.05) is 19.6 Å². The molecule has 1 rings (SSSR count). The summed E-state index contributed by atoms with van der Waals surface area (Å²) in [7, 11) is -0.411. The SMILES string of the molecule is C[Si](C)(C)O.O=C(O)c1ccc(O[SiH3])c(O[SiH3])c1OO[SiH3]. The van der Waals surface area contributed by atoms with Crippen molar-refractivity contribution >= 4 is 45.7 Å². The van der Waals surface area contributed by atoms with E-state index in [9.17, 15) is 4.79 Å². The topological polar surface area (TPSA) is 94.5 Å². The van der Waals surface area contributed by atoms with Crippen molar-refractivity contribution in [3.05, 3.63) is 17.7 Å². The maximum Gasteiger partial charge on any atom is 0.339 e. The molecule has 0 amide bonds. The van der Waals surface area contributed by atoms with Crippen LogP contribution >= 0.6 is 0 Å². The molecule has 0 spiro atoms. The van der Waals surface area contributed by atoms with Gasteiger partial charge in [0, 0.05) is 0 Å². The van der Waals surface area contributed by atoms with Crippen LogP contribution in [0.3, 0.4) is 0 Å². The van der Waals surface area contributed by atoms with E-state index >= 15 is 0 Å². The predicted octanol–water partition coefficient (Wildman–Crippen LogP) is -1.89. The van der Waals surface area contributed by atoms with Crippen molar-refractivity contribution in [2.24, 2.45) is 0 Å². The Morgan fingerprint density at radius 2 is 1.62 bits per heavy atom. The van der Waals surface area contributed by atoms with Gasteiger partial charge in [-0.2, -0.15) is 0 Å². The molecule has 7 nitrogen and oxygen atoms in total. The van der Waals surface area contributed by atoms with Crippen molar-refractivity contribution < 1.29 is 33.0 Å². The summed E-state index contributed by atoms with van der Waals surface area (Å²) in [5.74, 6) is -0.280. The van der Waals surface area contributed by atoms with Crippen molar-refractivity contribution in [2.45, 2.75) is 19.6 Å². The highest BCUT2D eigenvalue weighted by molar-refractivity contribution is 6.68. The van der Waals surface area contributed by atoms with Crippen LogP contribution in [0, 0.1) is 0 Å². The lowest BCUT2D eigenvalue weighted by Gasteiger charge is -2.14. The average molecular weight is 367 g/mol. The molecule has 0 unspecified atom stereocenters. The molecule has 0 radical (unpaired) electrons. The number of carbonyl (C=O) groups is 1. The van der Waals surface area contributed by atoms with Crippen LogP contribution in [0.5, 0.6) is 17.2 Å². The Bertz CT molecular complexity index is 469. The summed E-state index contributed by atoms with van der Waals surface area (Å²) in [5.41, 5.74) is -0.0100. The third kappa shape index (κ3) is 7.44. The van der Waals surface area contributed by atoms with Gasteiger partial charge >= 0.3 is 5.97 Å². The molecule has 0 fully saturated rings. The molecule has 0 aromatic heterocycles. The fourth-order valence-corrected chi connectivity index (χ4v) is 2.11. The average Bonchev–Trinajstić information content (AvgIpc) is 2.36. The van der Waals surface area contributed by atoms with Crippen LogP contribution in [-0.2, 0) is 4.58 Å². The van der Waals surface area contributed by atoms with Crippen molar-refractivity contribution in [3.8, 4) is 17.2 Å². The first kappa shape index (κ1) is 19.9. The van der Waals surface area contributed by atoms with Crippen molar-refractivity contribution in [1.29, 1.82) is 0 Å². The number of carboxylic acid groups (broad SMARTS) is 1. The number of hydrogen-bond donors (Lipinski definition) is 2. The smallest absolute Gasteiger partial charge is 0.339 e. The molecule has 0 aliphatic carbocycles. The molecule has 0 aliphatic rings. The Labute approximate surface area is 133 Å². The Morgan fingerprint density at radius 3 is 1.95 bits per heavy atom. The number of benzene rings is 1. The Kier molecular flexibility index (Phi) is 8.53. The lowest BCUT2D eigenvalue weighted by Crippen LogP contribution is -2.17. The maximum absolute atomic E-state index is 11.0. The van der Waals surface area contributed by atoms with Crippen molar-refractivity contribution in [2.75, 3.05) is 0 Å². The monoisotopic (exact) mass is 366 g/mol. The molecule has 1 aromatic rings. The summed E-state index contributed by atoms with van der Waals surface area (Å²) >= 11 is 0. The minimum absolute atomic E-state index is 0.0100. The first-order chi connectivity index (χ1) is 9.65. The summed E-state index contributed by atoms with van der Waals surface area (Å²) in [6.45, 7) is 5.65. The summed E-state index contributed by atoms with van der Waals surface area (Å²) in [6.07, 6.45) is 0. The lowest BCUT2D eigenvalue weighted by molar-refractivity contribution is -0.0950. The van der Waals surface area contributed by atoms with Gasteiger partial charge in [-0.3, -0.25) is 4.58 Å². The van der Waals surface area contributed by atoms with Crippen molar-refractivity contribution in [3.63, 3.8) is 0 Å². The molecule has 1 aromatic carbocycles. The zero-order valence-electron chi connectivity index (χ0n) is 13.1. The van der Waals surface area contributed by atoms with Gasteiger partial charge in [-0.25, -0.2) is 4.79 Å². The van der Waals surface area contributed by atoms with E-state index in [0.717, 1.165) is 0 Å². The van der Waals surface area contributed by atoms with E-state index in [0.29, 0.717) is 37.2 Å². The summed E-state index contributed by atoms with van der Waals surface area (Å²) in [5, 5.41) is 8.98. The normalized spacial score (nSPS) is 10.7. The molecule has 0 saturated carbocycles. The van der Waals surface area contributed by atoms with Gasteiger partial charge in [-0.05, 0) is 31.8 Å². The van der Waals surface area contributed by atoms with Gasteiger partial charge in [0.2, 0.25) is 37.2 Å². The molecular formula is C10H22O7Si4. The van der Waals surface area contributed by atoms with Crippen LogP contribution in [0.1, 0.15) is 10.4 Å². The summed E-state index contributed by atoms with van der Waals surface area (Å²) in [6, 6.07) is 2.94. The Balaban J connectivity index is 0.000000690. The summed E-state index contributed by atoms with van der Waals surface area (Å²) in [4.78, 5) is 24.5. The second-order valence-electron chi connectivity index (χ2n) is 4.90. The van der Waals surface area contributed by atoms with E-state index in [2.05, 4.69) is 4.58 Å². The number of hydrogen-bond acceptors (Lipinski definition) is 6. The van der Waals surface area contributed by atoms with Crippen molar-refractivity contribution in [1.82, 2.24) is 0 Å². The molecule has 11 heteroatoms. The molecule has 21 heavy (non-hydrogen) atoms. The van der Waals surface area contributed by atoms with Crippen LogP contribution < -0.4 is 13.7 Å². The van der Waals surface area contributed by atoms with E-state index in [1.54, 1.807) is 6.07 Å². The van der Waals surface area contributed by atoms with E-state index in [1.165, 1.54) is 6.07 Å². The van der Waals surface area contributed by atoms with Crippen LogP contribution in [0.2, 0.25) is 19.6 Å². The fraction of sp³-hybridized carbons (Fsp3) is 0.300. The quantitative estimate of drug-likeness (QED) is 0.357. The van der Waals surface area contributed by atoms with Crippen LogP contribution in [-0.4, -0.2) is 55.6 Å². The zero-order chi connectivity index (χ0) is 16.6. The molecule has 120 valence electrons. The maximum atomic E-state index is 11.0. The van der Waals surface area contributed by atoms with Gasteiger partial charge in [-0.15, -0.1) is 0 Å². The highest BCUT2D eigenvalue weighted by Gasteiger charge is 2.20. The van der Waals surface area contributed by atoms with Crippen LogP contribution in [0.25, 0.3) is 0 Å². The fourth-order valence-electron chi connectivity index (χ4n) is 1.23. The van der Waals surface area contributed by atoms with E-state index in [-0.39, 0.29) is 17.1 Å². The molecule has 0 aliphatic heterocycles. The largest absolute Gasteiger partial charge is 0.551 e. The van der Waals surface area contributed by atoms with Crippen LogP contribution in [0.4, 0.5) is 0 Å². The molecule has 0 bridgehead atoms. The molecule has 0 saturated heterocycles. The first-order valence-electron chi connectivity index (χ1n) is 6.07. The van der Waals surface area contributed by atoms with Gasteiger partial charge in [0.25, 0.3) is 0 Å². The zero-order valence-corrected chi connectivity index (χ0v) is 20.1. The number of rotatable bonds is 5. The third-order valence-corrected chi connectivity index (χ3v) is 2.91. The van der Waals surface area contributed by atoms with Gasteiger partial charge in [0.15, 0.2) is 14.1 Å².